The Balaban J connectivity index is 2.23. The Morgan fingerprint density at radius 3 is 2.94 bits per heavy atom. The van der Waals surface area contributed by atoms with Crippen LogP contribution in [0.25, 0.3) is 10.9 Å². The Morgan fingerprint density at radius 1 is 1.50 bits per heavy atom. The number of hydrogen-bond acceptors (Lipinski definition) is 4. The molecule has 2 rings (SSSR count). The summed E-state index contributed by atoms with van der Waals surface area (Å²) in [6.07, 6.45) is -0.955. The van der Waals surface area contributed by atoms with Gasteiger partial charge in [-0.15, -0.1) is 0 Å². The Morgan fingerprint density at radius 2 is 2.22 bits per heavy atom. The fourth-order valence-corrected chi connectivity index (χ4v) is 1.74. The number of nitrogens with one attached hydrogen (secondary N) is 1. The molecule has 0 saturated carbocycles. The van der Waals surface area contributed by atoms with Crippen molar-refractivity contribution in [2.24, 2.45) is 7.05 Å². The third-order valence-electron chi connectivity index (χ3n) is 2.68. The van der Waals surface area contributed by atoms with Crippen molar-refractivity contribution in [1.29, 1.82) is 0 Å². The van der Waals surface area contributed by atoms with E-state index < -0.39 is 6.10 Å². The fraction of sp³-hybridized carbons (Fsp3) is 0.333. The molecule has 1 aromatic carbocycles. The summed E-state index contributed by atoms with van der Waals surface area (Å²) < 4.78 is 1.63. The summed E-state index contributed by atoms with van der Waals surface area (Å²) >= 11 is 0. The lowest BCUT2D eigenvalue weighted by Crippen LogP contribution is -2.34. The van der Waals surface area contributed by atoms with Gasteiger partial charge in [0.15, 0.2) is 5.69 Å². The summed E-state index contributed by atoms with van der Waals surface area (Å²) in [5.41, 5.74) is 1.18. The van der Waals surface area contributed by atoms with Gasteiger partial charge in [0.2, 0.25) is 0 Å². The van der Waals surface area contributed by atoms with Crippen molar-refractivity contribution in [2.75, 3.05) is 13.2 Å². The van der Waals surface area contributed by atoms with Crippen LogP contribution in [0.4, 0.5) is 0 Å². The molecule has 0 aliphatic rings. The van der Waals surface area contributed by atoms with Crippen LogP contribution >= 0.6 is 0 Å². The molecule has 0 fully saturated rings. The maximum absolute atomic E-state index is 11.9. The smallest absolute Gasteiger partial charge is 0.272 e. The Bertz CT molecular complexity index is 565. The summed E-state index contributed by atoms with van der Waals surface area (Å²) in [6.45, 7) is -0.385. The van der Waals surface area contributed by atoms with Crippen molar-refractivity contribution in [1.82, 2.24) is 15.1 Å². The third-order valence-corrected chi connectivity index (χ3v) is 2.68. The topological polar surface area (TPSA) is 87.4 Å². The Hall–Kier alpha value is -1.92. The van der Waals surface area contributed by atoms with Gasteiger partial charge >= 0.3 is 0 Å². The van der Waals surface area contributed by atoms with Crippen LogP contribution in [0.5, 0.6) is 0 Å². The highest BCUT2D eigenvalue weighted by Crippen LogP contribution is 2.16. The molecule has 2 aromatic rings. The lowest BCUT2D eigenvalue weighted by Gasteiger charge is -2.07. The second-order valence-electron chi connectivity index (χ2n) is 4.04. The molecule has 6 heteroatoms. The molecule has 0 aliphatic carbocycles. The highest BCUT2D eigenvalue weighted by molar-refractivity contribution is 6.04. The van der Waals surface area contributed by atoms with Crippen LogP contribution in [-0.4, -0.2) is 45.2 Å². The largest absolute Gasteiger partial charge is 0.394 e. The number of aromatic nitrogens is 2. The number of amides is 1. The van der Waals surface area contributed by atoms with Gasteiger partial charge in [0.25, 0.3) is 5.91 Å². The maximum atomic E-state index is 11.9. The molecule has 1 atom stereocenters. The Labute approximate surface area is 104 Å². The molecule has 96 valence electrons. The van der Waals surface area contributed by atoms with Crippen LogP contribution in [0.3, 0.4) is 0 Å². The zero-order valence-corrected chi connectivity index (χ0v) is 10.00. The van der Waals surface area contributed by atoms with E-state index in [1.807, 2.05) is 24.3 Å². The molecule has 0 aliphatic heterocycles. The molecule has 0 spiro atoms. The molecular weight excluding hydrogens is 234 g/mol. The van der Waals surface area contributed by atoms with E-state index in [0.29, 0.717) is 5.69 Å². The van der Waals surface area contributed by atoms with Crippen molar-refractivity contribution in [3.63, 3.8) is 0 Å². The van der Waals surface area contributed by atoms with Crippen LogP contribution in [0.15, 0.2) is 24.3 Å². The van der Waals surface area contributed by atoms with Crippen LogP contribution < -0.4 is 5.32 Å². The molecule has 0 bridgehead atoms. The van der Waals surface area contributed by atoms with Crippen molar-refractivity contribution in [2.45, 2.75) is 6.10 Å². The zero-order valence-electron chi connectivity index (χ0n) is 10.00. The first-order chi connectivity index (χ1) is 8.63. The number of para-hydroxylation sites is 1. The summed E-state index contributed by atoms with van der Waals surface area (Å²) in [7, 11) is 1.77. The maximum Gasteiger partial charge on any atom is 0.272 e. The SMILES string of the molecule is Cn1nc(C(=O)NCC(O)CO)c2ccccc21. The predicted molar refractivity (Wildman–Crippen MR) is 66.1 cm³/mol. The number of carbonyl (C=O) groups is 1. The molecule has 0 saturated heterocycles. The summed E-state index contributed by atoms with van der Waals surface area (Å²) in [4.78, 5) is 11.9. The number of aliphatic hydroxyl groups excluding tert-OH is 2. The quantitative estimate of drug-likeness (QED) is 0.691. The first-order valence-electron chi connectivity index (χ1n) is 5.62. The summed E-state index contributed by atoms with van der Waals surface area (Å²) in [6, 6.07) is 7.41. The van der Waals surface area contributed by atoms with Crippen molar-refractivity contribution >= 4 is 16.8 Å². The van der Waals surface area contributed by atoms with Gasteiger partial charge in [-0.2, -0.15) is 5.10 Å². The predicted octanol–water partition coefficient (Wildman–Crippen LogP) is -0.344. The Kier molecular flexibility index (Phi) is 3.59. The number of benzene rings is 1. The van der Waals surface area contributed by atoms with Crippen LogP contribution in [0, 0.1) is 0 Å². The van der Waals surface area contributed by atoms with E-state index in [9.17, 15) is 9.90 Å². The monoisotopic (exact) mass is 249 g/mol. The summed E-state index contributed by atoms with van der Waals surface area (Å²) in [5.74, 6) is -0.362. The van der Waals surface area contributed by atoms with Gasteiger partial charge in [-0.1, -0.05) is 18.2 Å². The first-order valence-corrected chi connectivity index (χ1v) is 5.62. The number of fused-ring (bicyclic) bond motifs is 1. The van der Waals surface area contributed by atoms with Gasteiger partial charge < -0.3 is 15.5 Å². The van der Waals surface area contributed by atoms with E-state index in [2.05, 4.69) is 10.4 Å². The second kappa shape index (κ2) is 5.16. The van der Waals surface area contributed by atoms with Gasteiger partial charge in [-0.05, 0) is 6.07 Å². The molecule has 0 radical (unpaired) electrons. The minimum atomic E-state index is -0.955. The molecule has 1 unspecified atom stereocenters. The van der Waals surface area contributed by atoms with Gasteiger partial charge in [-0.3, -0.25) is 9.48 Å². The standard InChI is InChI=1S/C12H15N3O3/c1-15-10-5-3-2-4-9(10)11(14-15)12(18)13-6-8(17)7-16/h2-5,8,16-17H,6-7H2,1H3,(H,13,18). The van der Waals surface area contributed by atoms with E-state index in [-0.39, 0.29) is 19.1 Å². The fourth-order valence-electron chi connectivity index (χ4n) is 1.74. The summed E-state index contributed by atoms with van der Waals surface area (Å²) in [5, 5.41) is 25.3. The molecule has 1 aromatic heterocycles. The molecular formula is C12H15N3O3. The highest BCUT2D eigenvalue weighted by Gasteiger charge is 2.16. The number of hydrogen-bond donors (Lipinski definition) is 3. The number of nitrogens with zero attached hydrogens (tertiary/aromatic N) is 2. The third kappa shape index (κ3) is 2.34. The molecule has 18 heavy (non-hydrogen) atoms. The molecule has 6 nitrogen and oxygen atoms in total. The van der Waals surface area contributed by atoms with Crippen LogP contribution in [0.2, 0.25) is 0 Å². The van der Waals surface area contributed by atoms with Gasteiger partial charge in [0.1, 0.15) is 0 Å². The van der Waals surface area contributed by atoms with Crippen LogP contribution in [0.1, 0.15) is 10.5 Å². The zero-order chi connectivity index (χ0) is 13.1. The minimum Gasteiger partial charge on any atom is -0.394 e. The van der Waals surface area contributed by atoms with Crippen molar-refractivity contribution < 1.29 is 15.0 Å². The molecule has 1 amide bonds. The van der Waals surface area contributed by atoms with Crippen molar-refractivity contribution in [3.8, 4) is 0 Å². The van der Waals surface area contributed by atoms with E-state index in [1.165, 1.54) is 0 Å². The number of carbonyl (C=O) groups excluding carboxylic acids is 1. The van der Waals surface area contributed by atoms with E-state index in [0.717, 1.165) is 10.9 Å². The highest BCUT2D eigenvalue weighted by atomic mass is 16.3. The first kappa shape index (κ1) is 12.5. The van der Waals surface area contributed by atoms with Crippen LogP contribution in [-0.2, 0) is 7.05 Å². The molecule has 3 N–H and O–H groups in total. The second-order valence-corrected chi connectivity index (χ2v) is 4.04. The molecule has 1 heterocycles. The van der Waals surface area contributed by atoms with Gasteiger partial charge in [-0.25, -0.2) is 0 Å². The number of aryl methyl sites for hydroxylation is 1. The minimum absolute atomic E-state index is 0.000233. The average molecular weight is 249 g/mol. The average Bonchev–Trinajstić information content (AvgIpc) is 2.74. The van der Waals surface area contributed by atoms with Crippen molar-refractivity contribution in [3.05, 3.63) is 30.0 Å². The van der Waals surface area contributed by atoms with E-state index in [1.54, 1.807) is 11.7 Å². The number of rotatable bonds is 4. The lowest BCUT2D eigenvalue weighted by atomic mass is 10.2. The number of aliphatic hydroxyl groups is 2. The van der Waals surface area contributed by atoms with E-state index >= 15 is 0 Å². The van der Waals surface area contributed by atoms with Gasteiger partial charge in [0.05, 0.1) is 18.2 Å². The normalized spacial score (nSPS) is 12.6. The van der Waals surface area contributed by atoms with Gasteiger partial charge in [0, 0.05) is 19.0 Å². The van der Waals surface area contributed by atoms with E-state index in [4.69, 9.17) is 5.11 Å². The lowest BCUT2D eigenvalue weighted by molar-refractivity contribution is 0.0799.